The van der Waals surface area contributed by atoms with Crippen LogP contribution in [0.15, 0.2) is 39.8 Å². The molecule has 0 aliphatic carbocycles. The first-order valence-corrected chi connectivity index (χ1v) is 6.01. The summed E-state index contributed by atoms with van der Waals surface area (Å²) >= 11 is 1.61. The smallest absolute Gasteiger partial charge is 0.399 e. The fraction of sp³-hybridized carbons (Fsp3) is 0.182. The van der Waals surface area contributed by atoms with Gasteiger partial charge in [-0.25, -0.2) is 0 Å². The molecule has 0 fully saturated rings. The van der Waals surface area contributed by atoms with Crippen LogP contribution < -0.4 is 10.5 Å². The Morgan fingerprint density at radius 1 is 1.44 bits per heavy atom. The summed E-state index contributed by atoms with van der Waals surface area (Å²) in [5.41, 5.74) is 6.11. The largest absolute Gasteiger partial charge is 0.417 e. The molecule has 0 aliphatic heterocycles. The molecule has 0 bridgehead atoms. The van der Waals surface area contributed by atoms with E-state index in [1.165, 1.54) is 6.26 Å². The average molecular weight is 236 g/mol. The van der Waals surface area contributed by atoms with E-state index in [0.29, 0.717) is 12.2 Å². The molecule has 0 unspecified atom stereocenters. The van der Waals surface area contributed by atoms with Crippen molar-refractivity contribution >= 4 is 11.8 Å². The molecule has 2 rings (SSSR count). The quantitative estimate of drug-likeness (QED) is 0.827. The maximum absolute atomic E-state index is 5.53. The van der Waals surface area contributed by atoms with Gasteiger partial charge < -0.3 is 14.9 Å². The van der Waals surface area contributed by atoms with Gasteiger partial charge in [-0.2, -0.15) is 4.98 Å². The number of para-hydroxylation sites is 1. The Hall–Kier alpha value is -1.46. The molecule has 16 heavy (non-hydrogen) atoms. The van der Waals surface area contributed by atoms with E-state index in [4.69, 9.17) is 14.9 Å². The summed E-state index contributed by atoms with van der Waals surface area (Å²) in [7, 11) is 0. The number of nitrogens with zero attached hydrogens (tertiary/aromatic N) is 1. The highest BCUT2D eigenvalue weighted by Gasteiger charge is 2.08. The monoisotopic (exact) mass is 236 g/mol. The number of nitrogens with two attached hydrogens (primary N) is 1. The fourth-order valence-corrected chi connectivity index (χ4v) is 1.75. The molecule has 0 atom stereocenters. The number of thioether (sulfide) groups is 1. The van der Waals surface area contributed by atoms with Gasteiger partial charge in [0, 0.05) is 11.4 Å². The van der Waals surface area contributed by atoms with Gasteiger partial charge in [0.25, 0.3) is 0 Å². The Labute approximate surface area is 97.8 Å². The van der Waals surface area contributed by atoms with Crippen molar-refractivity contribution in [2.45, 2.75) is 11.4 Å². The molecule has 1 heterocycles. The summed E-state index contributed by atoms with van der Waals surface area (Å²) < 4.78 is 10.7. The van der Waals surface area contributed by atoms with Gasteiger partial charge in [0.2, 0.25) is 0 Å². The van der Waals surface area contributed by atoms with Crippen LogP contribution in [-0.2, 0) is 6.54 Å². The van der Waals surface area contributed by atoms with E-state index >= 15 is 0 Å². The number of ether oxygens (including phenoxy) is 1. The Kier molecular flexibility index (Phi) is 3.48. The molecular formula is C11H12N2O2S. The zero-order valence-electron chi connectivity index (χ0n) is 8.84. The van der Waals surface area contributed by atoms with E-state index in [0.717, 1.165) is 10.6 Å². The Morgan fingerprint density at radius 2 is 2.25 bits per heavy atom. The lowest BCUT2D eigenvalue weighted by Gasteiger charge is -2.04. The first kappa shape index (κ1) is 11.0. The summed E-state index contributed by atoms with van der Waals surface area (Å²) in [5.74, 6) is 0.737. The number of hydrogen-bond donors (Lipinski definition) is 1. The van der Waals surface area contributed by atoms with Crippen LogP contribution in [0.5, 0.6) is 11.8 Å². The first-order valence-electron chi connectivity index (χ1n) is 4.79. The Balaban J connectivity index is 2.19. The number of aromatic nitrogens is 1. The van der Waals surface area contributed by atoms with Gasteiger partial charge in [-0.05, 0) is 18.4 Å². The lowest BCUT2D eigenvalue weighted by Crippen LogP contribution is -1.96. The molecule has 0 aliphatic rings. The number of benzene rings is 1. The maximum Gasteiger partial charge on any atom is 0.399 e. The van der Waals surface area contributed by atoms with Gasteiger partial charge in [0.1, 0.15) is 12.0 Å². The highest BCUT2D eigenvalue weighted by Crippen LogP contribution is 2.30. The van der Waals surface area contributed by atoms with E-state index < -0.39 is 0 Å². The minimum absolute atomic E-state index is 0.224. The van der Waals surface area contributed by atoms with Gasteiger partial charge in [-0.3, -0.25) is 0 Å². The SMILES string of the molecule is CSc1ccccc1Oc1nc(CN)co1. The third-order valence-corrected chi connectivity index (χ3v) is 2.78. The van der Waals surface area contributed by atoms with Crippen LogP contribution in [0, 0.1) is 0 Å². The minimum Gasteiger partial charge on any atom is -0.417 e. The summed E-state index contributed by atoms with van der Waals surface area (Å²) in [5, 5.41) is 0. The Morgan fingerprint density at radius 3 is 2.94 bits per heavy atom. The van der Waals surface area contributed by atoms with Gasteiger partial charge in [-0.1, -0.05) is 12.1 Å². The van der Waals surface area contributed by atoms with Gasteiger partial charge in [0.15, 0.2) is 0 Å². The number of hydrogen-bond acceptors (Lipinski definition) is 5. The van der Waals surface area contributed by atoms with Gasteiger partial charge in [-0.15, -0.1) is 11.8 Å². The van der Waals surface area contributed by atoms with Crippen LogP contribution >= 0.6 is 11.8 Å². The van der Waals surface area contributed by atoms with Gasteiger partial charge >= 0.3 is 6.08 Å². The summed E-state index contributed by atoms with van der Waals surface area (Å²) in [6.07, 6.45) is 3.71. The van der Waals surface area contributed by atoms with Crippen molar-refractivity contribution in [3.63, 3.8) is 0 Å². The predicted octanol–water partition coefficient (Wildman–Crippen LogP) is 2.65. The second-order valence-electron chi connectivity index (χ2n) is 3.06. The second-order valence-corrected chi connectivity index (χ2v) is 3.91. The maximum atomic E-state index is 5.53. The second kappa shape index (κ2) is 5.05. The molecular weight excluding hydrogens is 224 g/mol. The van der Waals surface area contributed by atoms with E-state index in [2.05, 4.69) is 4.98 Å². The molecule has 1 aromatic heterocycles. The topological polar surface area (TPSA) is 61.3 Å². The lowest BCUT2D eigenvalue weighted by molar-refractivity contribution is 0.325. The van der Waals surface area contributed by atoms with Crippen molar-refractivity contribution < 1.29 is 9.15 Å². The van der Waals surface area contributed by atoms with E-state index in [-0.39, 0.29) is 6.08 Å². The lowest BCUT2D eigenvalue weighted by atomic mass is 10.3. The van der Waals surface area contributed by atoms with Crippen LogP contribution in [0.1, 0.15) is 5.69 Å². The van der Waals surface area contributed by atoms with Crippen molar-refractivity contribution in [1.29, 1.82) is 0 Å². The van der Waals surface area contributed by atoms with Crippen molar-refractivity contribution in [2.24, 2.45) is 5.73 Å². The summed E-state index contributed by atoms with van der Waals surface area (Å²) in [4.78, 5) is 5.11. The highest BCUT2D eigenvalue weighted by molar-refractivity contribution is 7.98. The number of oxazole rings is 1. The van der Waals surface area contributed by atoms with E-state index in [9.17, 15) is 0 Å². The molecule has 2 aromatic rings. The molecule has 4 nitrogen and oxygen atoms in total. The molecule has 0 saturated heterocycles. The zero-order chi connectivity index (χ0) is 11.4. The van der Waals surface area contributed by atoms with Crippen molar-refractivity contribution in [3.8, 4) is 11.8 Å². The fourth-order valence-electron chi connectivity index (χ4n) is 1.23. The zero-order valence-corrected chi connectivity index (χ0v) is 9.66. The first-order chi connectivity index (χ1) is 7.83. The number of rotatable bonds is 4. The van der Waals surface area contributed by atoms with E-state index in [1.54, 1.807) is 11.8 Å². The standard InChI is InChI=1S/C11H12N2O2S/c1-16-10-5-3-2-4-9(10)15-11-13-8(6-12)7-14-11/h2-5,7H,6,12H2,1H3. The molecule has 0 spiro atoms. The Bertz CT molecular complexity index is 471. The van der Waals surface area contributed by atoms with E-state index in [1.807, 2.05) is 30.5 Å². The third kappa shape index (κ3) is 2.37. The minimum atomic E-state index is 0.224. The summed E-state index contributed by atoms with van der Waals surface area (Å²) in [6.45, 7) is 0.344. The van der Waals surface area contributed by atoms with Crippen molar-refractivity contribution in [2.75, 3.05) is 6.26 Å². The molecule has 1 aromatic carbocycles. The summed E-state index contributed by atoms with van der Waals surface area (Å²) in [6, 6.07) is 7.71. The third-order valence-electron chi connectivity index (χ3n) is 2.01. The molecule has 5 heteroatoms. The van der Waals surface area contributed by atoms with Crippen LogP contribution in [0.2, 0.25) is 0 Å². The van der Waals surface area contributed by atoms with Crippen LogP contribution in [0.4, 0.5) is 0 Å². The van der Waals surface area contributed by atoms with Crippen LogP contribution in [0.25, 0.3) is 0 Å². The van der Waals surface area contributed by atoms with Gasteiger partial charge in [0.05, 0.1) is 5.69 Å². The van der Waals surface area contributed by atoms with Crippen LogP contribution in [0.3, 0.4) is 0 Å². The predicted molar refractivity (Wildman–Crippen MR) is 62.7 cm³/mol. The molecule has 0 amide bonds. The molecule has 0 radical (unpaired) electrons. The van der Waals surface area contributed by atoms with Crippen molar-refractivity contribution in [3.05, 3.63) is 36.2 Å². The normalized spacial score (nSPS) is 10.4. The molecule has 2 N–H and O–H groups in total. The van der Waals surface area contributed by atoms with Crippen molar-refractivity contribution in [1.82, 2.24) is 4.98 Å². The average Bonchev–Trinajstić information content (AvgIpc) is 2.77. The molecule has 0 saturated carbocycles. The van der Waals surface area contributed by atoms with Crippen LogP contribution in [-0.4, -0.2) is 11.2 Å². The highest BCUT2D eigenvalue weighted by atomic mass is 32.2. The molecule has 84 valence electrons.